The van der Waals surface area contributed by atoms with Gasteiger partial charge < -0.3 is 15.2 Å². The summed E-state index contributed by atoms with van der Waals surface area (Å²) in [5.41, 5.74) is 3.44. The molecule has 0 bridgehead atoms. The predicted octanol–water partition coefficient (Wildman–Crippen LogP) is 2.96. The molecule has 0 spiro atoms. The van der Waals surface area contributed by atoms with Gasteiger partial charge in [-0.3, -0.25) is 4.79 Å². The van der Waals surface area contributed by atoms with Gasteiger partial charge >= 0.3 is 0 Å². The van der Waals surface area contributed by atoms with E-state index in [4.69, 9.17) is 0 Å². The average molecular weight is 341 g/mol. The number of H-pyrrole nitrogens is 1. The van der Waals surface area contributed by atoms with Gasteiger partial charge in [0.2, 0.25) is 0 Å². The summed E-state index contributed by atoms with van der Waals surface area (Å²) in [5.74, 6) is -0.397. The molecule has 130 valence electrons. The normalized spacial score (nSPS) is 10.7. The molecule has 3 aromatic rings. The monoisotopic (exact) mass is 341 g/mol. The van der Waals surface area contributed by atoms with Gasteiger partial charge in [-0.25, -0.2) is 9.07 Å². The van der Waals surface area contributed by atoms with Crippen LogP contribution in [0, 0.1) is 12.7 Å². The largest absolute Gasteiger partial charge is 0.377 e. The summed E-state index contributed by atoms with van der Waals surface area (Å²) in [6, 6.07) is 10.1. The Morgan fingerprint density at radius 1 is 1.28 bits per heavy atom. The first-order valence-corrected chi connectivity index (χ1v) is 7.90. The van der Waals surface area contributed by atoms with Crippen molar-refractivity contribution in [1.82, 2.24) is 19.7 Å². The van der Waals surface area contributed by atoms with Crippen molar-refractivity contribution < 1.29 is 9.18 Å². The van der Waals surface area contributed by atoms with E-state index in [0.717, 1.165) is 17.1 Å². The highest BCUT2D eigenvalue weighted by molar-refractivity contribution is 5.92. The third kappa shape index (κ3) is 3.40. The predicted molar refractivity (Wildman–Crippen MR) is 94.4 cm³/mol. The summed E-state index contributed by atoms with van der Waals surface area (Å²) in [6.07, 6.45) is 1.66. The molecule has 0 saturated heterocycles. The van der Waals surface area contributed by atoms with Crippen molar-refractivity contribution >= 4 is 11.6 Å². The summed E-state index contributed by atoms with van der Waals surface area (Å²) in [7, 11) is 3.42. The molecule has 0 atom stereocenters. The van der Waals surface area contributed by atoms with Crippen LogP contribution in [0.1, 0.15) is 21.9 Å². The molecule has 0 aliphatic heterocycles. The van der Waals surface area contributed by atoms with Gasteiger partial charge in [-0.15, -0.1) is 0 Å². The Morgan fingerprint density at radius 2 is 2.04 bits per heavy atom. The minimum atomic E-state index is -0.323. The molecule has 0 aliphatic rings. The van der Waals surface area contributed by atoms with Gasteiger partial charge in [-0.05, 0) is 31.2 Å². The van der Waals surface area contributed by atoms with Crippen LogP contribution in [0.25, 0.3) is 5.69 Å². The summed E-state index contributed by atoms with van der Waals surface area (Å²) in [6.45, 7) is 2.38. The zero-order valence-electron chi connectivity index (χ0n) is 14.4. The molecular weight excluding hydrogens is 321 g/mol. The van der Waals surface area contributed by atoms with Crippen LogP contribution >= 0.6 is 0 Å². The smallest absolute Gasteiger partial charge is 0.269 e. The Bertz CT molecular complexity index is 897. The van der Waals surface area contributed by atoms with Crippen LogP contribution in [-0.2, 0) is 6.54 Å². The lowest BCUT2D eigenvalue weighted by molar-refractivity contribution is 0.0822. The number of aromatic amines is 1. The molecule has 0 fully saturated rings. The lowest BCUT2D eigenvalue weighted by atomic mass is 10.3. The minimum Gasteiger partial charge on any atom is -0.377 e. The molecule has 1 aromatic carbocycles. The molecule has 6 nitrogen and oxygen atoms in total. The topological polar surface area (TPSA) is 66.0 Å². The fraction of sp³-hybridized carbons (Fsp3) is 0.222. The molecular formula is C18H20FN5O. The Hall–Kier alpha value is -3.09. The number of aromatic nitrogens is 3. The second kappa shape index (κ2) is 6.80. The maximum absolute atomic E-state index is 13.9. The summed E-state index contributed by atoms with van der Waals surface area (Å²) in [5, 5.41) is 7.52. The first-order chi connectivity index (χ1) is 12.0. The van der Waals surface area contributed by atoms with Gasteiger partial charge in [0.15, 0.2) is 0 Å². The fourth-order valence-corrected chi connectivity index (χ4v) is 2.55. The van der Waals surface area contributed by atoms with Crippen LogP contribution in [0.5, 0.6) is 0 Å². The number of anilines is 1. The number of carbonyl (C=O) groups is 1. The van der Waals surface area contributed by atoms with Crippen molar-refractivity contribution in [3.05, 3.63) is 65.5 Å². The second-order valence-electron chi connectivity index (χ2n) is 5.96. The van der Waals surface area contributed by atoms with Crippen LogP contribution in [-0.4, -0.2) is 39.7 Å². The SMILES string of the molecule is Cc1c(NCc2ccc(C(=O)N(C)C)[nH]2)cnn1-c1ccccc1F. The van der Waals surface area contributed by atoms with Crippen molar-refractivity contribution in [3.8, 4) is 5.69 Å². The number of halogens is 1. The zero-order valence-corrected chi connectivity index (χ0v) is 14.4. The van der Waals surface area contributed by atoms with Crippen LogP contribution < -0.4 is 5.32 Å². The van der Waals surface area contributed by atoms with Crippen LogP contribution in [0.2, 0.25) is 0 Å². The highest BCUT2D eigenvalue weighted by atomic mass is 19.1. The molecule has 0 radical (unpaired) electrons. The number of carbonyl (C=O) groups excluding carboxylic acids is 1. The number of para-hydroxylation sites is 1. The molecule has 1 amide bonds. The third-order valence-electron chi connectivity index (χ3n) is 3.94. The molecule has 7 heteroatoms. The summed E-state index contributed by atoms with van der Waals surface area (Å²) >= 11 is 0. The van der Waals surface area contributed by atoms with Crippen molar-refractivity contribution in [2.24, 2.45) is 0 Å². The molecule has 3 rings (SSSR count). The van der Waals surface area contributed by atoms with Crippen LogP contribution in [0.15, 0.2) is 42.6 Å². The van der Waals surface area contributed by atoms with Gasteiger partial charge in [0.05, 0.1) is 24.1 Å². The van der Waals surface area contributed by atoms with Gasteiger partial charge in [0.1, 0.15) is 17.2 Å². The standard InChI is InChI=1S/C18H20FN5O/c1-12-16(11-21-24(12)17-7-5-4-6-14(17)19)20-10-13-8-9-15(22-13)18(25)23(2)3/h4-9,11,20,22H,10H2,1-3H3. The van der Waals surface area contributed by atoms with E-state index in [0.29, 0.717) is 17.9 Å². The van der Waals surface area contributed by atoms with E-state index in [9.17, 15) is 9.18 Å². The van der Waals surface area contributed by atoms with E-state index in [1.54, 1.807) is 49.2 Å². The molecule has 2 N–H and O–H groups in total. The molecule has 25 heavy (non-hydrogen) atoms. The van der Waals surface area contributed by atoms with Crippen molar-refractivity contribution in [2.75, 3.05) is 19.4 Å². The van der Waals surface area contributed by atoms with Crippen molar-refractivity contribution in [1.29, 1.82) is 0 Å². The van der Waals surface area contributed by atoms with Gasteiger partial charge in [-0.2, -0.15) is 5.10 Å². The minimum absolute atomic E-state index is 0.0743. The lowest BCUT2D eigenvalue weighted by Crippen LogP contribution is -2.22. The number of benzene rings is 1. The van der Waals surface area contributed by atoms with E-state index in [-0.39, 0.29) is 11.7 Å². The highest BCUT2D eigenvalue weighted by Crippen LogP contribution is 2.20. The third-order valence-corrected chi connectivity index (χ3v) is 3.94. The Kier molecular flexibility index (Phi) is 4.56. The van der Waals surface area contributed by atoms with E-state index in [1.165, 1.54) is 11.0 Å². The zero-order chi connectivity index (χ0) is 18.0. The molecule has 2 aromatic heterocycles. The Labute approximate surface area is 145 Å². The first-order valence-electron chi connectivity index (χ1n) is 7.90. The van der Waals surface area contributed by atoms with Crippen molar-refractivity contribution in [3.63, 3.8) is 0 Å². The highest BCUT2D eigenvalue weighted by Gasteiger charge is 2.13. The molecule has 2 heterocycles. The lowest BCUT2D eigenvalue weighted by Gasteiger charge is -2.09. The number of nitrogens with zero attached hydrogens (tertiary/aromatic N) is 3. The average Bonchev–Trinajstić information content (AvgIpc) is 3.20. The maximum Gasteiger partial charge on any atom is 0.269 e. The van der Waals surface area contributed by atoms with Crippen molar-refractivity contribution in [2.45, 2.75) is 13.5 Å². The van der Waals surface area contributed by atoms with E-state index in [2.05, 4.69) is 15.4 Å². The number of hydrogen-bond acceptors (Lipinski definition) is 3. The quantitative estimate of drug-likeness (QED) is 0.750. The molecule has 0 unspecified atom stereocenters. The first kappa shape index (κ1) is 16.8. The number of nitrogens with one attached hydrogen (secondary N) is 2. The maximum atomic E-state index is 13.9. The van der Waals surface area contributed by atoms with E-state index >= 15 is 0 Å². The molecule has 0 saturated carbocycles. The summed E-state index contributed by atoms with van der Waals surface area (Å²) in [4.78, 5) is 16.5. The number of hydrogen-bond donors (Lipinski definition) is 2. The van der Waals surface area contributed by atoms with Gasteiger partial charge in [-0.1, -0.05) is 12.1 Å². The van der Waals surface area contributed by atoms with Gasteiger partial charge in [0, 0.05) is 19.8 Å². The van der Waals surface area contributed by atoms with E-state index in [1.807, 2.05) is 13.0 Å². The second-order valence-corrected chi connectivity index (χ2v) is 5.96. The van der Waals surface area contributed by atoms with Crippen LogP contribution in [0.3, 0.4) is 0 Å². The number of amides is 1. The van der Waals surface area contributed by atoms with Gasteiger partial charge in [0.25, 0.3) is 5.91 Å². The summed E-state index contributed by atoms with van der Waals surface area (Å²) < 4.78 is 15.5. The number of rotatable bonds is 5. The fourth-order valence-electron chi connectivity index (χ4n) is 2.55. The van der Waals surface area contributed by atoms with Crippen LogP contribution in [0.4, 0.5) is 10.1 Å². The van der Waals surface area contributed by atoms with E-state index < -0.39 is 0 Å². The molecule has 0 aliphatic carbocycles. The Morgan fingerprint density at radius 3 is 2.76 bits per heavy atom. The Balaban J connectivity index is 1.73.